The third kappa shape index (κ3) is 43.8. The van der Waals surface area contributed by atoms with Crippen LogP contribution in [0.4, 0.5) is 0 Å². The zero-order chi connectivity index (χ0) is 2.00. The first-order chi connectivity index (χ1) is 1.00. The van der Waals surface area contributed by atoms with Gasteiger partial charge in [0.15, 0.2) is 0 Å². The van der Waals surface area contributed by atoms with E-state index < -0.39 is 0 Å². The molecule has 0 aliphatic rings. The van der Waals surface area contributed by atoms with Crippen molar-refractivity contribution in [3.8, 4) is 0 Å². The fourth-order valence-corrected chi connectivity index (χ4v) is 0. The molecule has 0 aromatic heterocycles. The van der Waals surface area contributed by atoms with E-state index in [1.54, 1.807) is 0 Å². The molecule has 0 aliphatic carbocycles. The third-order valence-corrected chi connectivity index (χ3v) is 0. The summed E-state index contributed by atoms with van der Waals surface area (Å²) in [7, 11) is 0. The van der Waals surface area contributed by atoms with E-state index in [1.807, 2.05) is 0 Å². The Morgan fingerprint density at radius 3 is 0.833 bits per heavy atom. The van der Waals surface area contributed by atoms with Gasteiger partial charge in [0.2, 0.25) is 0 Å². The van der Waals surface area contributed by atoms with Crippen molar-refractivity contribution in [2.24, 2.45) is 0 Å². The monoisotopic (exact) mass is 182 g/mol. The molecule has 0 unspecified atom stereocenters. The van der Waals surface area contributed by atoms with Crippen molar-refractivity contribution in [2.75, 3.05) is 6.38 Å². The van der Waals surface area contributed by atoms with Crippen molar-refractivity contribution in [1.82, 2.24) is 0 Å². The summed E-state index contributed by atoms with van der Waals surface area (Å²) in [6.45, 7) is 0. The molecular formula is CH3AlCl4. The van der Waals surface area contributed by atoms with Gasteiger partial charge < -0.3 is 37.2 Å². The van der Waals surface area contributed by atoms with Crippen LogP contribution in [0.3, 0.4) is 0 Å². The average molecular weight is 184 g/mol. The number of halogens is 4. The van der Waals surface area contributed by atoms with Crippen LogP contribution in [0.1, 0.15) is 0 Å². The molecule has 0 bridgehead atoms. The average Bonchev–Trinajstić information content (AvgIpc) is 1.00. The summed E-state index contributed by atoms with van der Waals surface area (Å²) in [5, 5.41) is 0. The molecule has 0 aromatic carbocycles. The fourth-order valence-electron chi connectivity index (χ4n) is 0. The largest absolute Gasteiger partial charge is 3.00 e. The van der Waals surface area contributed by atoms with Gasteiger partial charge in [0.05, 0.1) is 0 Å². The van der Waals surface area contributed by atoms with E-state index in [0.29, 0.717) is 0 Å². The Kier molecular flexibility index (Phi) is 600. The van der Waals surface area contributed by atoms with E-state index in [2.05, 4.69) is 11.6 Å². The molecule has 0 fully saturated rings. The molecule has 0 nitrogen and oxygen atoms in total. The second kappa shape index (κ2) is 75.7. The zero-order valence-corrected chi connectivity index (χ0v) is 7.27. The Hall–Kier alpha value is 1.69. The maximum Gasteiger partial charge on any atom is 3.00 e. The Balaban J connectivity index is -0.000000000833. The number of alkyl halides is 1. The summed E-state index contributed by atoms with van der Waals surface area (Å²) < 4.78 is 0. The summed E-state index contributed by atoms with van der Waals surface area (Å²) in [6, 6.07) is 0. The van der Waals surface area contributed by atoms with E-state index in [0.717, 1.165) is 0 Å². The van der Waals surface area contributed by atoms with E-state index in [9.17, 15) is 0 Å². The van der Waals surface area contributed by atoms with Crippen molar-refractivity contribution in [2.45, 2.75) is 0 Å². The van der Waals surface area contributed by atoms with E-state index in [1.165, 1.54) is 6.38 Å². The molecule has 0 spiro atoms. The summed E-state index contributed by atoms with van der Waals surface area (Å²) in [4.78, 5) is 0. The standard InChI is InChI=1S/CH3Cl.Al.3ClH/c1-2;;;;/h1H3;;3*1H/q;+3;;;/p-3. The van der Waals surface area contributed by atoms with Crippen molar-refractivity contribution in [3.05, 3.63) is 0 Å². The van der Waals surface area contributed by atoms with Crippen LogP contribution in [0.5, 0.6) is 0 Å². The Morgan fingerprint density at radius 2 is 0.833 bits per heavy atom. The van der Waals surface area contributed by atoms with Gasteiger partial charge in [-0.15, -0.1) is 11.6 Å². The molecular weight excluding hydrogens is 181 g/mol. The smallest absolute Gasteiger partial charge is 1.00 e. The first-order valence-electron chi connectivity index (χ1n) is 0.378. The molecule has 6 heavy (non-hydrogen) atoms. The second-order valence-electron chi connectivity index (χ2n) is 0. The molecule has 0 radical (unpaired) electrons. The quantitative estimate of drug-likeness (QED) is 0.259. The zero-order valence-electron chi connectivity index (χ0n) is 3.09. The van der Waals surface area contributed by atoms with Gasteiger partial charge in [0.1, 0.15) is 0 Å². The normalized spacial score (nSPS) is 1.00. The van der Waals surface area contributed by atoms with Gasteiger partial charge >= 0.3 is 17.4 Å². The van der Waals surface area contributed by atoms with Gasteiger partial charge in [-0.1, -0.05) is 0 Å². The van der Waals surface area contributed by atoms with Crippen LogP contribution in [-0.2, 0) is 0 Å². The first-order valence-corrected chi connectivity index (χ1v) is 1.13. The predicted octanol–water partition coefficient (Wildman–Crippen LogP) is -8.51. The van der Waals surface area contributed by atoms with E-state index in [4.69, 9.17) is 0 Å². The van der Waals surface area contributed by atoms with Crippen molar-refractivity contribution in [3.63, 3.8) is 0 Å². The van der Waals surface area contributed by atoms with E-state index >= 15 is 0 Å². The molecule has 0 heterocycles. The molecule has 0 atom stereocenters. The van der Waals surface area contributed by atoms with Crippen molar-refractivity contribution in [1.29, 1.82) is 0 Å². The van der Waals surface area contributed by atoms with Crippen LogP contribution in [0.25, 0.3) is 0 Å². The van der Waals surface area contributed by atoms with Crippen LogP contribution < -0.4 is 37.2 Å². The van der Waals surface area contributed by atoms with Gasteiger partial charge in [-0.2, -0.15) is 0 Å². The minimum atomic E-state index is 0. The molecule has 38 valence electrons. The number of hydrogen-bond donors (Lipinski definition) is 0. The predicted molar refractivity (Wildman–Crippen MR) is 17.5 cm³/mol. The summed E-state index contributed by atoms with van der Waals surface area (Å²) in [6.07, 6.45) is 1.47. The molecule has 0 aliphatic heterocycles. The first kappa shape index (κ1) is 47.5. The van der Waals surface area contributed by atoms with Crippen LogP contribution in [0, 0.1) is 0 Å². The molecule has 0 amide bonds. The minimum absolute atomic E-state index is 0. The van der Waals surface area contributed by atoms with Gasteiger partial charge in [0.25, 0.3) is 0 Å². The van der Waals surface area contributed by atoms with Gasteiger partial charge in [-0.25, -0.2) is 0 Å². The van der Waals surface area contributed by atoms with Gasteiger partial charge in [-0.3, -0.25) is 0 Å². The Bertz CT molecular complexity index is 7.51. The maximum atomic E-state index is 4.64. The fraction of sp³-hybridized carbons (Fsp3) is 1.00. The Morgan fingerprint density at radius 1 is 0.833 bits per heavy atom. The SMILES string of the molecule is CCl.[Al+3].[Cl-].[Cl-].[Cl-]. The molecule has 0 rings (SSSR count). The van der Waals surface area contributed by atoms with Crippen LogP contribution in [0.15, 0.2) is 0 Å². The second-order valence-corrected chi connectivity index (χ2v) is 0. The number of hydrogen-bond acceptors (Lipinski definition) is 0. The molecule has 5 heteroatoms. The molecule has 0 aromatic rings. The summed E-state index contributed by atoms with van der Waals surface area (Å²) in [5.74, 6) is 0. The van der Waals surface area contributed by atoms with Crippen LogP contribution in [-0.4, -0.2) is 23.7 Å². The molecule has 0 saturated heterocycles. The van der Waals surface area contributed by atoms with Crippen molar-refractivity contribution < 1.29 is 37.2 Å². The topological polar surface area (TPSA) is 0 Å². The van der Waals surface area contributed by atoms with Crippen LogP contribution in [0.2, 0.25) is 0 Å². The van der Waals surface area contributed by atoms with Gasteiger partial charge in [-0.05, 0) is 0 Å². The van der Waals surface area contributed by atoms with E-state index in [-0.39, 0.29) is 54.6 Å². The van der Waals surface area contributed by atoms with Crippen molar-refractivity contribution >= 4 is 29.0 Å². The Labute approximate surface area is 72.4 Å². The summed E-state index contributed by atoms with van der Waals surface area (Å²) >= 11 is 4.64. The molecule has 0 N–H and O–H groups in total. The van der Waals surface area contributed by atoms with Crippen LogP contribution >= 0.6 is 11.6 Å². The molecule has 0 saturated carbocycles. The third-order valence-electron chi connectivity index (χ3n) is 0. The minimum Gasteiger partial charge on any atom is -1.00 e. The number of rotatable bonds is 0. The summed E-state index contributed by atoms with van der Waals surface area (Å²) in [5.41, 5.74) is 0. The maximum absolute atomic E-state index is 4.64. The van der Waals surface area contributed by atoms with Gasteiger partial charge in [0, 0.05) is 6.38 Å².